The number of amides is 1. The Morgan fingerprint density at radius 2 is 1.63 bits per heavy atom. The molecule has 0 bridgehead atoms. The van der Waals surface area contributed by atoms with Gasteiger partial charge in [0.25, 0.3) is 5.91 Å². The molecule has 1 N–H and O–H groups in total. The van der Waals surface area contributed by atoms with Gasteiger partial charge in [-0.15, -0.1) is 0 Å². The van der Waals surface area contributed by atoms with Crippen LogP contribution < -0.4 is 5.32 Å². The first kappa shape index (κ1) is 22.5. The molecule has 162 valence electrons. The minimum Gasteiger partial charge on any atom is -0.346 e. The highest BCUT2D eigenvalue weighted by molar-refractivity contribution is 7.89. The van der Waals surface area contributed by atoms with Gasteiger partial charge in [0.15, 0.2) is 0 Å². The number of nitrogens with zero attached hydrogens (tertiary/aromatic N) is 1. The van der Waals surface area contributed by atoms with Crippen molar-refractivity contribution in [2.75, 3.05) is 13.1 Å². The van der Waals surface area contributed by atoms with Gasteiger partial charge in [-0.3, -0.25) is 4.79 Å². The van der Waals surface area contributed by atoms with Gasteiger partial charge in [0, 0.05) is 18.7 Å². The van der Waals surface area contributed by atoms with Crippen molar-refractivity contribution in [1.29, 1.82) is 0 Å². The first-order valence-corrected chi connectivity index (χ1v) is 12.0. The molecule has 1 amide bonds. The van der Waals surface area contributed by atoms with Crippen LogP contribution in [-0.2, 0) is 15.4 Å². The third-order valence-corrected chi connectivity index (χ3v) is 7.68. The van der Waals surface area contributed by atoms with E-state index in [2.05, 4.69) is 38.2 Å². The molecule has 1 heterocycles. The summed E-state index contributed by atoms with van der Waals surface area (Å²) in [7, 11) is -3.56. The third kappa shape index (κ3) is 4.76. The number of rotatable bonds is 5. The fourth-order valence-corrected chi connectivity index (χ4v) is 5.26. The number of carbonyl (C=O) groups excluding carboxylic acids is 1. The minimum atomic E-state index is -3.56. The average Bonchev–Trinajstić information content (AvgIpc) is 3.23. The van der Waals surface area contributed by atoms with Crippen molar-refractivity contribution in [3.05, 3.63) is 64.7 Å². The average molecular weight is 429 g/mol. The summed E-state index contributed by atoms with van der Waals surface area (Å²) in [4.78, 5) is 13.1. The van der Waals surface area contributed by atoms with Crippen LogP contribution in [0.1, 0.15) is 73.6 Å². The predicted molar refractivity (Wildman–Crippen MR) is 120 cm³/mol. The normalized spacial score (nSPS) is 16.4. The van der Waals surface area contributed by atoms with E-state index < -0.39 is 10.0 Å². The summed E-state index contributed by atoms with van der Waals surface area (Å²) in [5.74, 6) is -0.265. The molecule has 1 aliphatic rings. The van der Waals surface area contributed by atoms with E-state index in [4.69, 9.17) is 0 Å². The molecule has 1 saturated heterocycles. The van der Waals surface area contributed by atoms with Crippen molar-refractivity contribution in [3.63, 3.8) is 0 Å². The molecular weight excluding hydrogens is 396 g/mol. The van der Waals surface area contributed by atoms with Gasteiger partial charge in [-0.05, 0) is 60.9 Å². The standard InChI is InChI=1S/C24H32N2O3S/c1-17-8-13-21(30(28,29)26-14-6-7-15-26)16-22(17)23(27)25-18(2)19-9-11-20(12-10-19)24(3,4)5/h8-13,16,18H,6-7,14-15H2,1-5H3,(H,25,27). The van der Waals surface area contributed by atoms with Crippen LogP contribution in [0, 0.1) is 6.92 Å². The molecule has 1 fully saturated rings. The number of aryl methyl sites for hydroxylation is 1. The molecule has 3 rings (SSSR count). The summed E-state index contributed by atoms with van der Waals surface area (Å²) < 4.78 is 27.2. The van der Waals surface area contributed by atoms with E-state index in [9.17, 15) is 13.2 Å². The zero-order chi connectivity index (χ0) is 22.1. The summed E-state index contributed by atoms with van der Waals surface area (Å²) in [6.45, 7) is 11.3. The van der Waals surface area contributed by atoms with E-state index >= 15 is 0 Å². The second-order valence-corrected chi connectivity index (χ2v) is 11.1. The van der Waals surface area contributed by atoms with Crippen molar-refractivity contribution in [2.45, 2.75) is 63.8 Å². The first-order chi connectivity index (χ1) is 14.0. The summed E-state index contributed by atoms with van der Waals surface area (Å²) in [5, 5.41) is 3.01. The van der Waals surface area contributed by atoms with Crippen molar-refractivity contribution in [3.8, 4) is 0 Å². The molecule has 30 heavy (non-hydrogen) atoms. The molecule has 6 heteroatoms. The lowest BCUT2D eigenvalue weighted by molar-refractivity contribution is 0.0939. The van der Waals surface area contributed by atoms with Gasteiger partial charge in [-0.25, -0.2) is 8.42 Å². The number of hydrogen-bond donors (Lipinski definition) is 1. The van der Waals surface area contributed by atoms with Gasteiger partial charge in [-0.1, -0.05) is 51.1 Å². The summed E-state index contributed by atoms with van der Waals surface area (Å²) in [5.41, 5.74) is 3.47. The highest BCUT2D eigenvalue weighted by atomic mass is 32.2. The Kier molecular flexibility index (Phi) is 6.39. The molecule has 0 saturated carbocycles. The van der Waals surface area contributed by atoms with Gasteiger partial charge in [0.2, 0.25) is 10.0 Å². The van der Waals surface area contributed by atoms with Crippen LogP contribution >= 0.6 is 0 Å². The number of hydrogen-bond acceptors (Lipinski definition) is 3. The number of carbonyl (C=O) groups is 1. The quantitative estimate of drug-likeness (QED) is 0.759. The van der Waals surface area contributed by atoms with Crippen LogP contribution in [0.3, 0.4) is 0 Å². The molecule has 1 aliphatic heterocycles. The summed E-state index contributed by atoms with van der Waals surface area (Å²) >= 11 is 0. The highest BCUT2D eigenvalue weighted by Gasteiger charge is 2.28. The third-order valence-electron chi connectivity index (χ3n) is 5.78. The maximum absolute atomic E-state index is 13.0. The second-order valence-electron chi connectivity index (χ2n) is 9.16. The molecule has 0 spiro atoms. The number of nitrogens with one attached hydrogen (secondary N) is 1. The lowest BCUT2D eigenvalue weighted by Gasteiger charge is -2.21. The molecule has 2 aromatic carbocycles. The van der Waals surface area contributed by atoms with E-state index in [-0.39, 0.29) is 22.3 Å². The van der Waals surface area contributed by atoms with Gasteiger partial charge in [0.05, 0.1) is 10.9 Å². The van der Waals surface area contributed by atoms with Crippen molar-refractivity contribution in [2.24, 2.45) is 0 Å². The van der Waals surface area contributed by atoms with Crippen molar-refractivity contribution < 1.29 is 13.2 Å². The van der Waals surface area contributed by atoms with Crippen LogP contribution in [0.15, 0.2) is 47.4 Å². The van der Waals surface area contributed by atoms with Crippen LogP contribution in [0.4, 0.5) is 0 Å². The molecule has 5 nitrogen and oxygen atoms in total. The first-order valence-electron chi connectivity index (χ1n) is 10.5. The molecule has 0 radical (unpaired) electrons. The zero-order valence-electron chi connectivity index (χ0n) is 18.5. The minimum absolute atomic E-state index is 0.0728. The van der Waals surface area contributed by atoms with E-state index in [1.807, 2.05) is 26.0 Å². The maximum Gasteiger partial charge on any atom is 0.252 e. The van der Waals surface area contributed by atoms with E-state index in [1.54, 1.807) is 12.1 Å². The molecule has 0 aliphatic carbocycles. The SMILES string of the molecule is Cc1ccc(S(=O)(=O)N2CCCC2)cc1C(=O)NC(C)c1ccc(C(C)(C)C)cc1. The molecule has 2 aromatic rings. The topological polar surface area (TPSA) is 66.5 Å². The summed E-state index contributed by atoms with van der Waals surface area (Å²) in [6, 6.07) is 12.9. The molecule has 1 unspecified atom stereocenters. The Morgan fingerprint density at radius 1 is 1.03 bits per heavy atom. The second kappa shape index (κ2) is 8.52. The Balaban J connectivity index is 1.79. The summed E-state index contributed by atoms with van der Waals surface area (Å²) in [6.07, 6.45) is 1.76. The molecular formula is C24H32N2O3S. The van der Waals surface area contributed by atoms with Gasteiger partial charge in [-0.2, -0.15) is 4.31 Å². The smallest absolute Gasteiger partial charge is 0.252 e. The Morgan fingerprint density at radius 3 is 2.20 bits per heavy atom. The maximum atomic E-state index is 13.0. The highest BCUT2D eigenvalue weighted by Crippen LogP contribution is 2.25. The Hall–Kier alpha value is -2.18. The van der Waals surface area contributed by atoms with Gasteiger partial charge < -0.3 is 5.32 Å². The van der Waals surface area contributed by atoms with Crippen LogP contribution in [0.25, 0.3) is 0 Å². The van der Waals surface area contributed by atoms with Crippen LogP contribution in [0.5, 0.6) is 0 Å². The van der Waals surface area contributed by atoms with E-state index in [0.29, 0.717) is 18.7 Å². The molecule has 1 atom stereocenters. The fraction of sp³-hybridized carbons (Fsp3) is 0.458. The monoisotopic (exact) mass is 428 g/mol. The van der Waals surface area contributed by atoms with E-state index in [1.165, 1.54) is 15.9 Å². The predicted octanol–water partition coefficient (Wildman–Crippen LogP) is 4.57. The van der Waals surface area contributed by atoms with E-state index in [0.717, 1.165) is 24.0 Å². The van der Waals surface area contributed by atoms with Crippen LogP contribution in [-0.4, -0.2) is 31.7 Å². The van der Waals surface area contributed by atoms with Gasteiger partial charge >= 0.3 is 0 Å². The Bertz CT molecular complexity index is 1020. The van der Waals surface area contributed by atoms with Crippen molar-refractivity contribution >= 4 is 15.9 Å². The number of benzene rings is 2. The largest absolute Gasteiger partial charge is 0.346 e. The Labute approximate surface area is 180 Å². The zero-order valence-corrected chi connectivity index (χ0v) is 19.3. The number of sulfonamides is 1. The van der Waals surface area contributed by atoms with Crippen molar-refractivity contribution in [1.82, 2.24) is 9.62 Å². The lowest BCUT2D eigenvalue weighted by Crippen LogP contribution is -2.29. The van der Waals surface area contributed by atoms with Gasteiger partial charge in [0.1, 0.15) is 0 Å². The fourth-order valence-electron chi connectivity index (χ4n) is 3.71. The van der Waals surface area contributed by atoms with Crippen LogP contribution in [0.2, 0.25) is 0 Å². The molecule has 0 aromatic heterocycles. The lowest BCUT2D eigenvalue weighted by atomic mass is 9.86.